The number of hydrogen-bond acceptors (Lipinski definition) is 4. The highest BCUT2D eigenvalue weighted by molar-refractivity contribution is 7.89. The van der Waals surface area contributed by atoms with Crippen molar-refractivity contribution in [3.05, 3.63) is 17.9 Å². The Morgan fingerprint density at radius 1 is 1.32 bits per heavy atom. The van der Waals surface area contributed by atoms with Gasteiger partial charge in [-0.25, -0.2) is 13.6 Å². The van der Waals surface area contributed by atoms with E-state index < -0.39 is 10.0 Å². The van der Waals surface area contributed by atoms with E-state index in [9.17, 15) is 8.42 Å². The lowest BCUT2D eigenvalue weighted by Crippen LogP contribution is -2.27. The Bertz CT molecular complexity index is 510. The van der Waals surface area contributed by atoms with Crippen molar-refractivity contribution in [3.8, 4) is 0 Å². The molecule has 19 heavy (non-hydrogen) atoms. The molecule has 5 nitrogen and oxygen atoms in total. The number of nitrogens with two attached hydrogens (primary N) is 1. The van der Waals surface area contributed by atoms with Crippen LogP contribution in [0.15, 0.2) is 21.6 Å². The van der Waals surface area contributed by atoms with Crippen molar-refractivity contribution < 1.29 is 12.8 Å². The Kier molecular flexibility index (Phi) is 4.65. The summed E-state index contributed by atoms with van der Waals surface area (Å²) in [7, 11) is -3.73. The van der Waals surface area contributed by atoms with Crippen molar-refractivity contribution in [2.75, 3.05) is 0 Å². The molecular formula is C13H22N2O3S. The van der Waals surface area contributed by atoms with Crippen LogP contribution in [0.2, 0.25) is 0 Å². The van der Waals surface area contributed by atoms with Gasteiger partial charge in [-0.2, -0.15) is 0 Å². The number of sulfonamides is 1. The topological polar surface area (TPSA) is 85.3 Å². The second-order valence-corrected chi connectivity index (χ2v) is 6.95. The van der Waals surface area contributed by atoms with Crippen LogP contribution in [-0.2, 0) is 16.6 Å². The highest BCUT2D eigenvalue weighted by Crippen LogP contribution is 2.23. The Morgan fingerprint density at radius 2 is 2.11 bits per heavy atom. The maximum absolute atomic E-state index is 11.1. The third-order valence-electron chi connectivity index (χ3n) is 3.74. The summed E-state index contributed by atoms with van der Waals surface area (Å²) in [6.07, 6.45) is 6.14. The molecule has 1 fully saturated rings. The van der Waals surface area contributed by atoms with Gasteiger partial charge in [-0.3, -0.25) is 0 Å². The molecule has 0 bridgehead atoms. The summed E-state index contributed by atoms with van der Waals surface area (Å²) >= 11 is 0. The van der Waals surface area contributed by atoms with E-state index in [0.29, 0.717) is 18.3 Å². The molecule has 0 aromatic carbocycles. The Morgan fingerprint density at radius 3 is 2.79 bits per heavy atom. The summed E-state index contributed by atoms with van der Waals surface area (Å²) in [5.74, 6) is 1.42. The Balaban J connectivity index is 1.87. The van der Waals surface area contributed by atoms with Crippen molar-refractivity contribution in [2.45, 2.75) is 56.7 Å². The van der Waals surface area contributed by atoms with Gasteiger partial charge in [0.05, 0.1) is 6.54 Å². The molecule has 1 aromatic rings. The van der Waals surface area contributed by atoms with Gasteiger partial charge in [0.15, 0.2) is 0 Å². The molecular weight excluding hydrogens is 264 g/mol. The number of furan rings is 1. The normalized spacial score (nSPS) is 25.2. The van der Waals surface area contributed by atoms with E-state index in [-0.39, 0.29) is 5.09 Å². The van der Waals surface area contributed by atoms with E-state index >= 15 is 0 Å². The minimum absolute atomic E-state index is 0.168. The molecule has 0 radical (unpaired) electrons. The molecule has 2 atom stereocenters. The molecule has 0 spiro atoms. The van der Waals surface area contributed by atoms with Gasteiger partial charge in [-0.15, -0.1) is 0 Å². The van der Waals surface area contributed by atoms with Crippen LogP contribution in [0.1, 0.15) is 44.8 Å². The lowest BCUT2D eigenvalue weighted by Gasteiger charge is -2.15. The zero-order valence-corrected chi connectivity index (χ0v) is 12.1. The molecule has 1 aliphatic rings. The molecule has 0 aliphatic heterocycles. The van der Waals surface area contributed by atoms with E-state index in [1.807, 2.05) is 0 Å². The van der Waals surface area contributed by atoms with Gasteiger partial charge in [-0.1, -0.05) is 19.8 Å². The molecule has 2 unspecified atom stereocenters. The van der Waals surface area contributed by atoms with E-state index in [1.54, 1.807) is 6.07 Å². The summed E-state index contributed by atoms with van der Waals surface area (Å²) in [5.41, 5.74) is 0. The molecule has 1 saturated carbocycles. The van der Waals surface area contributed by atoms with Crippen LogP contribution in [0.3, 0.4) is 0 Å². The first kappa shape index (κ1) is 14.6. The molecule has 1 aliphatic carbocycles. The van der Waals surface area contributed by atoms with Crippen LogP contribution >= 0.6 is 0 Å². The fourth-order valence-corrected chi connectivity index (χ4v) is 3.02. The number of rotatable bonds is 4. The van der Waals surface area contributed by atoms with Crippen LogP contribution in [0.25, 0.3) is 0 Å². The lowest BCUT2D eigenvalue weighted by molar-refractivity contribution is 0.375. The highest BCUT2D eigenvalue weighted by atomic mass is 32.2. The lowest BCUT2D eigenvalue weighted by atomic mass is 10.0. The molecule has 1 aromatic heterocycles. The Labute approximate surface area is 114 Å². The fourth-order valence-electron chi connectivity index (χ4n) is 2.54. The summed E-state index contributed by atoms with van der Waals surface area (Å²) < 4.78 is 27.4. The van der Waals surface area contributed by atoms with E-state index in [2.05, 4.69) is 12.2 Å². The first-order chi connectivity index (χ1) is 8.95. The van der Waals surface area contributed by atoms with Crippen LogP contribution in [0.4, 0.5) is 0 Å². The smallest absolute Gasteiger partial charge is 0.271 e. The van der Waals surface area contributed by atoms with Crippen LogP contribution in [0, 0.1) is 5.92 Å². The average molecular weight is 286 g/mol. The predicted molar refractivity (Wildman–Crippen MR) is 73.0 cm³/mol. The SMILES string of the molecule is CC1CCCC(NCc2ccc(S(N)(=O)=O)o2)CC1. The largest absolute Gasteiger partial charge is 0.447 e. The minimum Gasteiger partial charge on any atom is -0.447 e. The molecule has 1 heterocycles. The van der Waals surface area contributed by atoms with Crippen molar-refractivity contribution in [2.24, 2.45) is 11.1 Å². The Hall–Kier alpha value is -0.850. The highest BCUT2D eigenvalue weighted by Gasteiger charge is 2.17. The molecule has 6 heteroatoms. The third-order valence-corrected chi connectivity index (χ3v) is 4.52. The van der Waals surface area contributed by atoms with Gasteiger partial charge in [-0.05, 0) is 37.3 Å². The number of hydrogen-bond donors (Lipinski definition) is 2. The van der Waals surface area contributed by atoms with Crippen LogP contribution < -0.4 is 10.5 Å². The zero-order valence-electron chi connectivity index (χ0n) is 11.3. The second kappa shape index (κ2) is 6.07. The van der Waals surface area contributed by atoms with E-state index in [0.717, 1.165) is 5.92 Å². The second-order valence-electron chi connectivity index (χ2n) is 5.46. The number of primary sulfonamides is 1. The van der Waals surface area contributed by atoms with E-state index in [4.69, 9.17) is 9.56 Å². The molecule has 3 N–H and O–H groups in total. The monoisotopic (exact) mass is 286 g/mol. The average Bonchev–Trinajstić information content (AvgIpc) is 2.71. The van der Waals surface area contributed by atoms with Gasteiger partial charge >= 0.3 is 0 Å². The van der Waals surface area contributed by atoms with Crippen molar-refractivity contribution in [1.82, 2.24) is 5.32 Å². The maximum atomic E-state index is 11.1. The molecule has 0 saturated heterocycles. The zero-order chi connectivity index (χ0) is 13.9. The standard InChI is InChI=1S/C13H22N2O3S/c1-10-3-2-4-11(6-5-10)15-9-12-7-8-13(18-12)19(14,16)17/h7-8,10-11,15H,2-6,9H2,1H3,(H2,14,16,17). The maximum Gasteiger partial charge on any atom is 0.271 e. The van der Waals surface area contributed by atoms with Crippen LogP contribution in [0.5, 0.6) is 0 Å². The molecule has 0 amide bonds. The third kappa shape index (κ3) is 4.33. The van der Waals surface area contributed by atoms with Crippen molar-refractivity contribution in [3.63, 3.8) is 0 Å². The van der Waals surface area contributed by atoms with Crippen molar-refractivity contribution in [1.29, 1.82) is 0 Å². The first-order valence-corrected chi connectivity index (χ1v) is 8.34. The van der Waals surface area contributed by atoms with Gasteiger partial charge in [0.2, 0.25) is 5.09 Å². The molecule has 2 rings (SSSR count). The van der Waals surface area contributed by atoms with Gasteiger partial charge in [0.25, 0.3) is 10.0 Å². The summed E-state index contributed by atoms with van der Waals surface area (Å²) in [6.45, 7) is 2.85. The van der Waals surface area contributed by atoms with Crippen molar-refractivity contribution >= 4 is 10.0 Å². The first-order valence-electron chi connectivity index (χ1n) is 6.80. The summed E-state index contributed by atoms with van der Waals surface area (Å²) in [4.78, 5) is 0. The van der Waals surface area contributed by atoms with Crippen LogP contribution in [-0.4, -0.2) is 14.5 Å². The van der Waals surface area contributed by atoms with Gasteiger partial charge in [0, 0.05) is 6.04 Å². The van der Waals surface area contributed by atoms with E-state index in [1.165, 1.54) is 38.2 Å². The quantitative estimate of drug-likeness (QED) is 0.829. The summed E-state index contributed by atoms with van der Waals surface area (Å²) in [6, 6.07) is 3.56. The number of nitrogens with one attached hydrogen (secondary N) is 1. The minimum atomic E-state index is -3.73. The molecule has 108 valence electrons. The fraction of sp³-hybridized carbons (Fsp3) is 0.692. The summed E-state index contributed by atoms with van der Waals surface area (Å²) in [5, 5.41) is 8.27. The predicted octanol–water partition coefficient (Wildman–Crippen LogP) is 1.99. The van der Waals surface area contributed by atoms with Gasteiger partial charge < -0.3 is 9.73 Å². The van der Waals surface area contributed by atoms with Gasteiger partial charge in [0.1, 0.15) is 5.76 Å².